The summed E-state index contributed by atoms with van der Waals surface area (Å²) in [5, 5.41) is 3.67. The van der Waals surface area contributed by atoms with Gasteiger partial charge in [0, 0.05) is 41.5 Å². The Morgan fingerprint density at radius 3 is 2.38 bits per heavy atom. The van der Waals surface area contributed by atoms with Gasteiger partial charge in [0.25, 0.3) is 0 Å². The first kappa shape index (κ1) is 21.4. The number of ketones is 1. The molecule has 3 aromatic carbocycles. The number of carbonyl (C=O) groups excluding carboxylic acids is 2. The summed E-state index contributed by atoms with van der Waals surface area (Å²) in [5.41, 5.74) is 4.06. The molecule has 0 aliphatic rings. The van der Waals surface area contributed by atoms with E-state index in [1.165, 1.54) is 6.07 Å². The number of amides is 1. The fraction of sp³-hybridized carbons (Fsp3) is 0.148. The van der Waals surface area contributed by atoms with Crippen LogP contribution in [-0.2, 0) is 9.59 Å². The summed E-state index contributed by atoms with van der Waals surface area (Å²) >= 11 is 0. The summed E-state index contributed by atoms with van der Waals surface area (Å²) in [7, 11) is 0. The molecule has 1 amide bonds. The van der Waals surface area contributed by atoms with Gasteiger partial charge in [-0.25, -0.2) is 9.37 Å². The summed E-state index contributed by atoms with van der Waals surface area (Å²) in [6, 6.07) is 23.7. The quantitative estimate of drug-likeness (QED) is 0.372. The highest BCUT2D eigenvalue weighted by Crippen LogP contribution is 2.35. The maximum absolute atomic E-state index is 14.6. The predicted molar refractivity (Wildman–Crippen MR) is 126 cm³/mol. The van der Waals surface area contributed by atoms with Crippen molar-refractivity contribution in [1.29, 1.82) is 0 Å². The van der Waals surface area contributed by atoms with Crippen LogP contribution >= 0.6 is 0 Å². The lowest BCUT2D eigenvalue weighted by molar-refractivity contribution is -0.122. The first-order chi connectivity index (χ1) is 15.5. The fourth-order valence-electron chi connectivity index (χ4n) is 3.60. The Balaban J connectivity index is 1.74. The molecule has 0 radical (unpaired) electrons. The Morgan fingerprint density at radius 2 is 1.62 bits per heavy atom. The number of benzene rings is 3. The number of hydrogen-bond donors (Lipinski definition) is 1. The van der Waals surface area contributed by atoms with Crippen molar-refractivity contribution in [3.8, 4) is 22.4 Å². The number of Topliss-reactive ketones (excluding diaryl/α,β-unsaturated/α-hetero) is 1. The monoisotopic (exact) mass is 426 g/mol. The summed E-state index contributed by atoms with van der Waals surface area (Å²) in [4.78, 5) is 28.5. The van der Waals surface area contributed by atoms with E-state index in [0.717, 1.165) is 16.5 Å². The first-order valence-electron chi connectivity index (χ1n) is 10.6. The molecule has 4 nitrogen and oxygen atoms in total. The predicted octanol–water partition coefficient (Wildman–Crippen LogP) is 6.41. The fourth-order valence-corrected chi connectivity index (χ4v) is 3.60. The van der Waals surface area contributed by atoms with Crippen molar-refractivity contribution in [2.45, 2.75) is 26.2 Å². The molecule has 0 fully saturated rings. The molecule has 0 atom stereocenters. The molecule has 0 bridgehead atoms. The molecule has 1 aromatic heterocycles. The van der Waals surface area contributed by atoms with Gasteiger partial charge in [0.1, 0.15) is 11.6 Å². The molecular weight excluding hydrogens is 403 g/mol. The Morgan fingerprint density at radius 1 is 0.875 bits per heavy atom. The largest absolute Gasteiger partial charge is 0.326 e. The van der Waals surface area contributed by atoms with E-state index in [1.807, 2.05) is 42.5 Å². The van der Waals surface area contributed by atoms with Crippen LogP contribution in [0.25, 0.3) is 33.3 Å². The minimum Gasteiger partial charge on any atom is -0.326 e. The number of hydrogen-bond acceptors (Lipinski definition) is 3. The minimum absolute atomic E-state index is 0.0658. The standard InChI is InChI=1S/C27H23FN2O2/c1-2-21(31)13-15-26(32)29-20-12-14-25-19(16-20)17-23(18-8-4-3-5-9-18)27(30-25)22-10-6-7-11-24(22)28/h3-12,14,16-17H,2,13,15H2,1H3,(H,29,32). The SMILES string of the molecule is CCC(=O)CCC(=O)Nc1ccc2nc(-c3ccccc3F)c(-c3ccccc3)cc2c1. The number of aromatic nitrogens is 1. The van der Waals surface area contributed by atoms with Crippen molar-refractivity contribution in [2.75, 3.05) is 5.32 Å². The van der Waals surface area contributed by atoms with E-state index >= 15 is 0 Å². The number of fused-ring (bicyclic) bond motifs is 1. The van der Waals surface area contributed by atoms with Crippen molar-refractivity contribution in [3.63, 3.8) is 0 Å². The van der Waals surface area contributed by atoms with Crippen molar-refractivity contribution in [3.05, 3.63) is 84.7 Å². The zero-order valence-corrected chi connectivity index (χ0v) is 17.8. The summed E-state index contributed by atoms with van der Waals surface area (Å²) in [6.07, 6.45) is 0.827. The highest BCUT2D eigenvalue weighted by Gasteiger charge is 2.15. The van der Waals surface area contributed by atoms with E-state index in [0.29, 0.717) is 28.9 Å². The third-order valence-corrected chi connectivity index (χ3v) is 5.34. The highest BCUT2D eigenvalue weighted by molar-refractivity contribution is 5.97. The zero-order valence-electron chi connectivity index (χ0n) is 17.8. The maximum Gasteiger partial charge on any atom is 0.224 e. The molecule has 0 aliphatic carbocycles. The van der Waals surface area contributed by atoms with Crippen LogP contribution in [-0.4, -0.2) is 16.7 Å². The lowest BCUT2D eigenvalue weighted by Gasteiger charge is -2.13. The number of rotatable bonds is 7. The van der Waals surface area contributed by atoms with Crippen molar-refractivity contribution >= 4 is 28.3 Å². The lowest BCUT2D eigenvalue weighted by atomic mass is 9.97. The summed E-state index contributed by atoms with van der Waals surface area (Å²) in [5.74, 6) is -0.469. The van der Waals surface area contributed by atoms with Crippen LogP contribution < -0.4 is 5.32 Å². The van der Waals surface area contributed by atoms with Crippen LogP contribution in [0.4, 0.5) is 10.1 Å². The van der Waals surface area contributed by atoms with Gasteiger partial charge in [0.2, 0.25) is 5.91 Å². The molecule has 32 heavy (non-hydrogen) atoms. The molecular formula is C27H23FN2O2. The van der Waals surface area contributed by atoms with Crippen molar-refractivity contribution in [2.24, 2.45) is 0 Å². The Bertz CT molecular complexity index is 1290. The molecule has 0 unspecified atom stereocenters. The van der Waals surface area contributed by atoms with Gasteiger partial charge in [-0.15, -0.1) is 0 Å². The molecule has 5 heteroatoms. The van der Waals surface area contributed by atoms with Crippen LogP contribution in [0.3, 0.4) is 0 Å². The van der Waals surface area contributed by atoms with Gasteiger partial charge in [-0.1, -0.05) is 49.4 Å². The molecule has 0 spiro atoms. The molecule has 0 aliphatic heterocycles. The van der Waals surface area contributed by atoms with Gasteiger partial charge in [-0.05, 0) is 42.0 Å². The lowest BCUT2D eigenvalue weighted by Crippen LogP contribution is -2.13. The molecule has 1 heterocycles. The Kier molecular flexibility index (Phi) is 6.36. The van der Waals surface area contributed by atoms with Crippen LogP contribution in [0.5, 0.6) is 0 Å². The average molecular weight is 426 g/mol. The number of anilines is 1. The van der Waals surface area contributed by atoms with Crippen molar-refractivity contribution < 1.29 is 14.0 Å². The minimum atomic E-state index is -0.331. The highest BCUT2D eigenvalue weighted by atomic mass is 19.1. The molecule has 160 valence electrons. The van der Waals surface area contributed by atoms with E-state index in [-0.39, 0.29) is 30.3 Å². The number of nitrogens with zero attached hydrogens (tertiary/aromatic N) is 1. The summed E-state index contributed by atoms with van der Waals surface area (Å²) in [6.45, 7) is 1.79. The van der Waals surface area contributed by atoms with Gasteiger partial charge in [0.15, 0.2) is 0 Å². The normalized spacial score (nSPS) is 10.8. The second kappa shape index (κ2) is 9.52. The van der Waals surface area contributed by atoms with Crippen LogP contribution in [0.1, 0.15) is 26.2 Å². The van der Waals surface area contributed by atoms with E-state index in [1.54, 1.807) is 37.3 Å². The van der Waals surface area contributed by atoms with E-state index in [9.17, 15) is 14.0 Å². The van der Waals surface area contributed by atoms with Crippen LogP contribution in [0.2, 0.25) is 0 Å². The third kappa shape index (κ3) is 4.72. The maximum atomic E-state index is 14.6. The second-order valence-corrected chi connectivity index (χ2v) is 7.58. The number of nitrogens with one attached hydrogen (secondary N) is 1. The van der Waals surface area contributed by atoms with Gasteiger partial charge in [-0.2, -0.15) is 0 Å². The van der Waals surface area contributed by atoms with Crippen LogP contribution in [0, 0.1) is 5.82 Å². The molecule has 0 saturated heterocycles. The second-order valence-electron chi connectivity index (χ2n) is 7.58. The third-order valence-electron chi connectivity index (χ3n) is 5.34. The Hall–Kier alpha value is -3.86. The molecule has 4 aromatic rings. The number of pyridine rings is 1. The smallest absolute Gasteiger partial charge is 0.224 e. The van der Waals surface area contributed by atoms with E-state index in [2.05, 4.69) is 5.32 Å². The van der Waals surface area contributed by atoms with Gasteiger partial charge >= 0.3 is 0 Å². The average Bonchev–Trinajstić information content (AvgIpc) is 2.82. The van der Waals surface area contributed by atoms with E-state index in [4.69, 9.17) is 4.98 Å². The van der Waals surface area contributed by atoms with Crippen LogP contribution in [0.15, 0.2) is 78.9 Å². The Labute approximate surface area is 186 Å². The summed E-state index contributed by atoms with van der Waals surface area (Å²) < 4.78 is 14.6. The molecule has 4 rings (SSSR count). The first-order valence-corrected chi connectivity index (χ1v) is 10.6. The number of carbonyl (C=O) groups is 2. The molecule has 0 saturated carbocycles. The van der Waals surface area contributed by atoms with Gasteiger partial charge < -0.3 is 5.32 Å². The van der Waals surface area contributed by atoms with Crippen molar-refractivity contribution in [1.82, 2.24) is 4.98 Å². The van der Waals surface area contributed by atoms with Gasteiger partial charge in [0.05, 0.1) is 11.2 Å². The topological polar surface area (TPSA) is 59.1 Å². The van der Waals surface area contributed by atoms with E-state index < -0.39 is 0 Å². The zero-order chi connectivity index (χ0) is 22.5. The molecule has 1 N–H and O–H groups in total. The number of halogens is 1. The van der Waals surface area contributed by atoms with Gasteiger partial charge in [-0.3, -0.25) is 9.59 Å².